The maximum atomic E-state index is 12.3. The van der Waals surface area contributed by atoms with E-state index in [1.807, 2.05) is 43.3 Å². The Bertz CT molecular complexity index is 935. The van der Waals surface area contributed by atoms with Gasteiger partial charge in [0, 0.05) is 17.5 Å². The van der Waals surface area contributed by atoms with Gasteiger partial charge < -0.3 is 4.74 Å². The summed E-state index contributed by atoms with van der Waals surface area (Å²) in [6.07, 6.45) is -0.344. The zero-order valence-corrected chi connectivity index (χ0v) is 13.7. The van der Waals surface area contributed by atoms with Gasteiger partial charge in [0.05, 0.1) is 12.1 Å². The number of hydrogen-bond donors (Lipinski definition) is 0. The van der Waals surface area contributed by atoms with Gasteiger partial charge in [-0.05, 0) is 36.6 Å². The molecule has 3 aromatic rings. The molecule has 4 rings (SSSR count). The van der Waals surface area contributed by atoms with Gasteiger partial charge in [0.15, 0.2) is 0 Å². The van der Waals surface area contributed by atoms with E-state index < -0.39 is 0 Å². The number of fused-ring (bicyclic) bond motifs is 2. The van der Waals surface area contributed by atoms with Crippen LogP contribution in [0.25, 0.3) is 10.9 Å². The van der Waals surface area contributed by atoms with E-state index in [4.69, 9.17) is 4.74 Å². The topological polar surface area (TPSA) is 42.4 Å². The standard InChI is InChI=1S/C20H18N2O2/c1-13-8-9-14(2)18-17(13)10-16-12-22(20(23)24-19(16)21-18)11-15-6-4-3-5-7-15/h3-10H,11-12H2,1-2H3. The molecular formula is C20H18N2O2. The Balaban J connectivity index is 1.72. The molecule has 1 amide bonds. The smallest absolute Gasteiger partial charge is 0.391 e. The van der Waals surface area contributed by atoms with Crippen molar-refractivity contribution in [2.24, 2.45) is 0 Å². The van der Waals surface area contributed by atoms with Crippen molar-refractivity contribution >= 4 is 17.0 Å². The number of carbonyl (C=O) groups excluding carboxylic acids is 1. The Kier molecular flexibility index (Phi) is 3.45. The number of pyridine rings is 1. The third-order valence-electron chi connectivity index (χ3n) is 4.46. The van der Waals surface area contributed by atoms with Crippen LogP contribution >= 0.6 is 0 Å². The Hall–Kier alpha value is -2.88. The molecule has 0 radical (unpaired) electrons. The Labute approximate surface area is 140 Å². The van der Waals surface area contributed by atoms with Crippen molar-refractivity contribution in [2.45, 2.75) is 26.9 Å². The number of aromatic nitrogens is 1. The van der Waals surface area contributed by atoms with Crippen LogP contribution in [0.4, 0.5) is 4.79 Å². The van der Waals surface area contributed by atoms with Crippen molar-refractivity contribution in [3.05, 3.63) is 70.8 Å². The van der Waals surface area contributed by atoms with Crippen molar-refractivity contribution in [1.29, 1.82) is 0 Å². The summed E-state index contributed by atoms with van der Waals surface area (Å²) < 4.78 is 5.50. The summed E-state index contributed by atoms with van der Waals surface area (Å²) in [5.41, 5.74) is 5.20. The van der Waals surface area contributed by atoms with Crippen molar-refractivity contribution in [2.75, 3.05) is 0 Å². The second kappa shape index (κ2) is 5.64. The van der Waals surface area contributed by atoms with Crippen molar-refractivity contribution in [3.8, 4) is 5.88 Å². The first-order chi connectivity index (χ1) is 11.6. The molecule has 0 aliphatic carbocycles. The summed E-state index contributed by atoms with van der Waals surface area (Å²) >= 11 is 0. The first-order valence-corrected chi connectivity index (χ1v) is 8.02. The number of rotatable bonds is 2. The molecule has 0 unspecified atom stereocenters. The minimum atomic E-state index is -0.344. The highest BCUT2D eigenvalue weighted by molar-refractivity contribution is 5.87. The number of amides is 1. The molecule has 0 spiro atoms. The third kappa shape index (κ3) is 2.50. The molecule has 4 heteroatoms. The minimum Gasteiger partial charge on any atom is -0.391 e. The molecule has 120 valence electrons. The maximum Gasteiger partial charge on any atom is 0.417 e. The molecule has 0 saturated heterocycles. The van der Waals surface area contributed by atoms with Crippen LogP contribution in [-0.2, 0) is 13.1 Å². The van der Waals surface area contributed by atoms with Crippen LogP contribution in [0.2, 0.25) is 0 Å². The van der Waals surface area contributed by atoms with Gasteiger partial charge in [0.25, 0.3) is 0 Å². The van der Waals surface area contributed by atoms with Crippen LogP contribution in [0, 0.1) is 13.8 Å². The van der Waals surface area contributed by atoms with Gasteiger partial charge in [-0.15, -0.1) is 0 Å². The third-order valence-corrected chi connectivity index (χ3v) is 4.46. The van der Waals surface area contributed by atoms with Crippen molar-refractivity contribution < 1.29 is 9.53 Å². The van der Waals surface area contributed by atoms with E-state index in [1.54, 1.807) is 4.90 Å². The van der Waals surface area contributed by atoms with E-state index in [0.717, 1.165) is 27.6 Å². The lowest BCUT2D eigenvalue weighted by atomic mass is 10.0. The SMILES string of the molecule is Cc1ccc(C)c2nc3c(cc12)CN(Cc1ccccc1)C(=O)O3. The van der Waals surface area contributed by atoms with E-state index in [-0.39, 0.29) is 6.09 Å². The van der Waals surface area contributed by atoms with E-state index >= 15 is 0 Å². The Morgan fingerprint density at radius 1 is 1.08 bits per heavy atom. The van der Waals surface area contributed by atoms with E-state index in [0.29, 0.717) is 19.0 Å². The number of carbonyl (C=O) groups is 1. The fourth-order valence-electron chi connectivity index (χ4n) is 3.10. The largest absolute Gasteiger partial charge is 0.417 e. The molecule has 0 fully saturated rings. The number of ether oxygens (including phenoxy) is 1. The molecule has 2 aromatic carbocycles. The summed E-state index contributed by atoms with van der Waals surface area (Å²) in [5, 5.41) is 1.12. The molecule has 0 atom stereocenters. The second-order valence-electron chi connectivity index (χ2n) is 6.26. The Morgan fingerprint density at radius 2 is 1.83 bits per heavy atom. The normalized spacial score (nSPS) is 13.8. The van der Waals surface area contributed by atoms with Gasteiger partial charge in [-0.1, -0.05) is 42.5 Å². The summed E-state index contributed by atoms with van der Waals surface area (Å²) in [5.74, 6) is 0.436. The van der Waals surface area contributed by atoms with Gasteiger partial charge in [-0.3, -0.25) is 4.90 Å². The van der Waals surface area contributed by atoms with Crippen LogP contribution in [-0.4, -0.2) is 16.0 Å². The predicted octanol–water partition coefficient (Wildman–Crippen LogP) is 4.37. The molecule has 1 aliphatic rings. The molecule has 0 saturated carbocycles. The number of benzene rings is 2. The Morgan fingerprint density at radius 3 is 2.62 bits per heavy atom. The van der Waals surface area contributed by atoms with E-state index in [9.17, 15) is 4.79 Å². The van der Waals surface area contributed by atoms with Crippen LogP contribution in [0.5, 0.6) is 5.88 Å². The fourth-order valence-corrected chi connectivity index (χ4v) is 3.10. The number of aryl methyl sites for hydroxylation is 2. The molecule has 0 bridgehead atoms. The van der Waals surface area contributed by atoms with Crippen LogP contribution < -0.4 is 4.74 Å². The summed E-state index contributed by atoms with van der Waals surface area (Å²) in [6, 6.07) is 16.2. The van der Waals surface area contributed by atoms with Gasteiger partial charge >= 0.3 is 6.09 Å². The molecule has 24 heavy (non-hydrogen) atoms. The van der Waals surface area contributed by atoms with Gasteiger partial charge in [-0.25, -0.2) is 9.78 Å². The molecular weight excluding hydrogens is 300 g/mol. The molecule has 2 heterocycles. The highest BCUT2D eigenvalue weighted by atomic mass is 16.6. The average molecular weight is 318 g/mol. The molecule has 4 nitrogen and oxygen atoms in total. The number of nitrogens with zero attached hydrogens (tertiary/aromatic N) is 2. The zero-order chi connectivity index (χ0) is 16.7. The average Bonchev–Trinajstić information content (AvgIpc) is 2.59. The highest BCUT2D eigenvalue weighted by Crippen LogP contribution is 2.31. The van der Waals surface area contributed by atoms with E-state index in [1.165, 1.54) is 5.56 Å². The monoisotopic (exact) mass is 318 g/mol. The molecule has 1 aromatic heterocycles. The van der Waals surface area contributed by atoms with Crippen molar-refractivity contribution in [1.82, 2.24) is 9.88 Å². The van der Waals surface area contributed by atoms with Crippen LogP contribution in [0.15, 0.2) is 48.5 Å². The second-order valence-corrected chi connectivity index (χ2v) is 6.26. The summed E-state index contributed by atoms with van der Waals surface area (Å²) in [6.45, 7) is 5.14. The number of hydrogen-bond acceptors (Lipinski definition) is 3. The lowest BCUT2D eigenvalue weighted by Gasteiger charge is -2.27. The molecule has 0 N–H and O–H groups in total. The van der Waals surface area contributed by atoms with Crippen molar-refractivity contribution in [3.63, 3.8) is 0 Å². The van der Waals surface area contributed by atoms with Gasteiger partial charge in [0.2, 0.25) is 5.88 Å². The minimum absolute atomic E-state index is 0.344. The van der Waals surface area contributed by atoms with Crippen LogP contribution in [0.1, 0.15) is 22.3 Å². The quantitative estimate of drug-likeness (QED) is 0.705. The maximum absolute atomic E-state index is 12.3. The predicted molar refractivity (Wildman–Crippen MR) is 92.9 cm³/mol. The van der Waals surface area contributed by atoms with Gasteiger partial charge in [0.1, 0.15) is 0 Å². The zero-order valence-electron chi connectivity index (χ0n) is 13.7. The van der Waals surface area contributed by atoms with Crippen LogP contribution in [0.3, 0.4) is 0 Å². The summed E-state index contributed by atoms with van der Waals surface area (Å²) in [4.78, 5) is 18.6. The van der Waals surface area contributed by atoms with Gasteiger partial charge in [-0.2, -0.15) is 0 Å². The summed E-state index contributed by atoms with van der Waals surface area (Å²) in [7, 11) is 0. The lowest BCUT2D eigenvalue weighted by Crippen LogP contribution is -2.36. The van der Waals surface area contributed by atoms with E-state index in [2.05, 4.69) is 24.0 Å². The highest BCUT2D eigenvalue weighted by Gasteiger charge is 2.27. The molecule has 1 aliphatic heterocycles. The fraction of sp³-hybridized carbons (Fsp3) is 0.200. The lowest BCUT2D eigenvalue weighted by molar-refractivity contribution is 0.133. The first kappa shape index (κ1) is 14.7. The first-order valence-electron chi connectivity index (χ1n) is 8.02.